The van der Waals surface area contributed by atoms with Crippen molar-refractivity contribution in [2.45, 2.75) is 46.1 Å². The lowest BCUT2D eigenvalue weighted by Gasteiger charge is -2.19. The molecule has 0 saturated heterocycles. The molecule has 1 aromatic carbocycles. The Morgan fingerprint density at radius 2 is 2.14 bits per heavy atom. The van der Waals surface area contributed by atoms with Crippen LogP contribution in [0.2, 0.25) is 0 Å². The van der Waals surface area contributed by atoms with Crippen LogP contribution in [-0.4, -0.2) is 33.3 Å². The average Bonchev–Trinajstić information content (AvgIpc) is 3.05. The number of hydrogen-bond acceptors (Lipinski definition) is 4. The summed E-state index contributed by atoms with van der Waals surface area (Å²) in [6, 6.07) is 7.10. The van der Waals surface area contributed by atoms with Crippen LogP contribution in [0.4, 0.5) is 5.69 Å². The highest BCUT2D eigenvalue weighted by molar-refractivity contribution is 5.58. The number of anilines is 1. The molecule has 1 aromatic heterocycles. The second-order valence-corrected chi connectivity index (χ2v) is 6.11. The molecule has 0 bridgehead atoms. The van der Waals surface area contributed by atoms with Gasteiger partial charge in [0.05, 0.1) is 6.04 Å². The zero-order valence-corrected chi connectivity index (χ0v) is 13.1. The number of tetrazole rings is 1. The van der Waals surface area contributed by atoms with Gasteiger partial charge in [-0.2, -0.15) is 0 Å². The first-order chi connectivity index (χ1) is 10.1. The molecule has 0 N–H and O–H groups in total. The Morgan fingerprint density at radius 3 is 2.95 bits per heavy atom. The molecule has 0 amide bonds. The van der Waals surface area contributed by atoms with Gasteiger partial charge in [0.25, 0.3) is 0 Å². The van der Waals surface area contributed by atoms with Crippen molar-refractivity contribution in [3.8, 4) is 0 Å². The number of rotatable bonds is 5. The number of aromatic nitrogens is 4. The van der Waals surface area contributed by atoms with Gasteiger partial charge in [0.2, 0.25) is 0 Å². The zero-order valence-electron chi connectivity index (χ0n) is 13.1. The van der Waals surface area contributed by atoms with E-state index in [9.17, 15) is 0 Å². The van der Waals surface area contributed by atoms with Crippen LogP contribution in [-0.2, 0) is 12.8 Å². The number of nitrogens with zero attached hydrogens (tertiary/aromatic N) is 5. The largest absolute Gasteiger partial charge is 0.371 e. The highest BCUT2D eigenvalue weighted by Gasteiger charge is 2.18. The van der Waals surface area contributed by atoms with Crippen molar-refractivity contribution in [2.24, 2.45) is 0 Å². The molecular weight excluding hydrogens is 262 g/mol. The van der Waals surface area contributed by atoms with E-state index in [0.717, 1.165) is 31.8 Å². The van der Waals surface area contributed by atoms with Crippen LogP contribution >= 0.6 is 0 Å². The third-order valence-electron chi connectivity index (χ3n) is 4.11. The van der Waals surface area contributed by atoms with Crippen molar-refractivity contribution in [3.05, 3.63) is 35.2 Å². The van der Waals surface area contributed by atoms with Gasteiger partial charge in [0, 0.05) is 25.2 Å². The van der Waals surface area contributed by atoms with Crippen LogP contribution in [0, 0.1) is 6.92 Å². The molecule has 2 heterocycles. The van der Waals surface area contributed by atoms with E-state index in [-0.39, 0.29) is 0 Å². The second-order valence-electron chi connectivity index (χ2n) is 6.11. The molecule has 0 spiro atoms. The van der Waals surface area contributed by atoms with Crippen LogP contribution in [0.25, 0.3) is 0 Å². The minimum atomic E-state index is 0.325. The summed E-state index contributed by atoms with van der Waals surface area (Å²) < 4.78 is 1.92. The van der Waals surface area contributed by atoms with Crippen molar-refractivity contribution in [1.29, 1.82) is 0 Å². The minimum Gasteiger partial charge on any atom is -0.371 e. The highest BCUT2D eigenvalue weighted by Crippen LogP contribution is 2.28. The van der Waals surface area contributed by atoms with Crippen LogP contribution in [0.1, 0.15) is 43.3 Å². The van der Waals surface area contributed by atoms with Crippen LogP contribution in [0.3, 0.4) is 0 Å². The van der Waals surface area contributed by atoms with Crippen molar-refractivity contribution < 1.29 is 0 Å². The van der Waals surface area contributed by atoms with E-state index in [1.807, 2.05) is 4.68 Å². The Kier molecular flexibility index (Phi) is 3.90. The third-order valence-corrected chi connectivity index (χ3v) is 4.11. The second kappa shape index (κ2) is 5.84. The van der Waals surface area contributed by atoms with E-state index in [1.165, 1.54) is 23.2 Å². The van der Waals surface area contributed by atoms with Crippen molar-refractivity contribution in [3.63, 3.8) is 0 Å². The summed E-state index contributed by atoms with van der Waals surface area (Å²) >= 11 is 0. The van der Waals surface area contributed by atoms with E-state index >= 15 is 0 Å². The number of aryl methyl sites for hydroxylation is 2. The fraction of sp³-hybridized carbons (Fsp3) is 0.562. The smallest absolute Gasteiger partial charge is 0.151 e. The van der Waals surface area contributed by atoms with E-state index in [4.69, 9.17) is 0 Å². The number of fused-ring (bicyclic) bond motifs is 1. The van der Waals surface area contributed by atoms with Gasteiger partial charge < -0.3 is 4.90 Å². The maximum absolute atomic E-state index is 4.14. The van der Waals surface area contributed by atoms with Gasteiger partial charge in [0.15, 0.2) is 5.82 Å². The molecule has 21 heavy (non-hydrogen) atoms. The highest BCUT2D eigenvalue weighted by atomic mass is 15.5. The minimum absolute atomic E-state index is 0.325. The Labute approximate surface area is 126 Å². The van der Waals surface area contributed by atoms with Crippen molar-refractivity contribution >= 4 is 5.69 Å². The Bertz CT molecular complexity index is 617. The molecule has 0 atom stereocenters. The fourth-order valence-electron chi connectivity index (χ4n) is 3.04. The Morgan fingerprint density at radius 1 is 1.29 bits per heavy atom. The first-order valence-corrected chi connectivity index (χ1v) is 7.76. The molecule has 0 saturated carbocycles. The molecule has 0 aliphatic carbocycles. The Hall–Kier alpha value is -1.91. The van der Waals surface area contributed by atoms with Gasteiger partial charge in [0.1, 0.15) is 0 Å². The molecule has 112 valence electrons. The molecule has 1 aliphatic rings. The standard InChI is InChI=1S/C16H23N5/c1-12(2)21-16(17-18-19-21)5-4-9-20-10-8-14-11-13(3)6-7-15(14)20/h6-7,11-12H,4-5,8-10H2,1-3H3. The lowest BCUT2D eigenvalue weighted by molar-refractivity contribution is 0.490. The Balaban J connectivity index is 1.59. The molecule has 3 rings (SSSR count). The molecule has 0 fully saturated rings. The summed E-state index contributed by atoms with van der Waals surface area (Å²) in [5, 5.41) is 12.0. The van der Waals surface area contributed by atoms with Gasteiger partial charge in [-0.05, 0) is 55.7 Å². The maximum atomic E-state index is 4.14. The van der Waals surface area contributed by atoms with Crippen molar-refractivity contribution in [1.82, 2.24) is 20.2 Å². The summed E-state index contributed by atoms with van der Waals surface area (Å²) in [5.41, 5.74) is 4.25. The lowest BCUT2D eigenvalue weighted by atomic mass is 10.1. The van der Waals surface area contributed by atoms with E-state index in [2.05, 4.69) is 59.4 Å². The van der Waals surface area contributed by atoms with Crippen LogP contribution < -0.4 is 4.90 Å². The number of benzene rings is 1. The first kappa shape index (κ1) is 14.0. The fourth-order valence-corrected chi connectivity index (χ4v) is 3.04. The van der Waals surface area contributed by atoms with Gasteiger partial charge >= 0.3 is 0 Å². The normalized spacial score (nSPS) is 14.0. The molecular formula is C16H23N5. The first-order valence-electron chi connectivity index (χ1n) is 7.76. The average molecular weight is 285 g/mol. The molecule has 0 radical (unpaired) electrons. The molecule has 5 nitrogen and oxygen atoms in total. The summed E-state index contributed by atoms with van der Waals surface area (Å²) in [5.74, 6) is 0.994. The quantitative estimate of drug-likeness (QED) is 0.847. The van der Waals surface area contributed by atoms with Gasteiger partial charge in [-0.1, -0.05) is 17.7 Å². The van der Waals surface area contributed by atoms with E-state index in [0.29, 0.717) is 6.04 Å². The summed E-state index contributed by atoms with van der Waals surface area (Å²) in [6.07, 6.45) is 3.18. The summed E-state index contributed by atoms with van der Waals surface area (Å²) in [7, 11) is 0. The van der Waals surface area contributed by atoms with E-state index < -0.39 is 0 Å². The molecule has 2 aromatic rings. The SMILES string of the molecule is Cc1ccc2c(c1)CCN2CCCc1nnnn1C(C)C. The third kappa shape index (κ3) is 2.91. The lowest BCUT2D eigenvalue weighted by Crippen LogP contribution is -2.22. The van der Waals surface area contributed by atoms with Crippen LogP contribution in [0.5, 0.6) is 0 Å². The summed E-state index contributed by atoms with van der Waals surface area (Å²) in [6.45, 7) is 8.58. The molecule has 1 aliphatic heterocycles. The van der Waals surface area contributed by atoms with Gasteiger partial charge in [-0.25, -0.2) is 4.68 Å². The molecule has 0 unspecified atom stereocenters. The van der Waals surface area contributed by atoms with Crippen LogP contribution in [0.15, 0.2) is 18.2 Å². The van der Waals surface area contributed by atoms with Gasteiger partial charge in [-0.15, -0.1) is 5.10 Å². The topological polar surface area (TPSA) is 46.8 Å². The molecule has 5 heteroatoms. The predicted molar refractivity (Wildman–Crippen MR) is 83.6 cm³/mol. The van der Waals surface area contributed by atoms with Crippen molar-refractivity contribution in [2.75, 3.05) is 18.0 Å². The maximum Gasteiger partial charge on any atom is 0.151 e. The number of hydrogen-bond donors (Lipinski definition) is 0. The van der Waals surface area contributed by atoms with E-state index in [1.54, 1.807) is 0 Å². The predicted octanol–water partition coefficient (Wildman–Crippen LogP) is 2.56. The van der Waals surface area contributed by atoms with Gasteiger partial charge in [-0.3, -0.25) is 0 Å². The zero-order chi connectivity index (χ0) is 14.8. The monoisotopic (exact) mass is 285 g/mol. The summed E-state index contributed by atoms with van der Waals surface area (Å²) in [4.78, 5) is 2.48.